The van der Waals surface area contributed by atoms with E-state index in [1.54, 1.807) is 48.0 Å². The smallest absolute Gasteiger partial charge is 0.339 e. The van der Waals surface area contributed by atoms with E-state index in [9.17, 15) is 13.2 Å². The molecule has 0 saturated carbocycles. The van der Waals surface area contributed by atoms with Crippen molar-refractivity contribution in [3.8, 4) is 17.6 Å². The van der Waals surface area contributed by atoms with E-state index in [4.69, 9.17) is 14.2 Å². The molecule has 1 heterocycles. The Labute approximate surface area is 198 Å². The van der Waals surface area contributed by atoms with Gasteiger partial charge in [0.2, 0.25) is 5.91 Å². The third-order valence-electron chi connectivity index (χ3n) is 4.71. The van der Waals surface area contributed by atoms with Gasteiger partial charge in [-0.1, -0.05) is 23.8 Å². The van der Waals surface area contributed by atoms with Crippen molar-refractivity contribution in [2.45, 2.75) is 31.7 Å². The number of methoxy groups -OCH3 is 1. The maximum absolute atomic E-state index is 12.6. The van der Waals surface area contributed by atoms with Gasteiger partial charge in [-0.3, -0.25) is 4.79 Å². The molecule has 0 aliphatic carbocycles. The molecule has 10 heteroatoms. The Morgan fingerprint density at radius 3 is 2.56 bits per heavy atom. The molecule has 9 nitrogen and oxygen atoms in total. The number of benzene rings is 2. The maximum Gasteiger partial charge on any atom is 0.339 e. The number of nitrogens with one attached hydrogen (secondary N) is 1. The van der Waals surface area contributed by atoms with Crippen LogP contribution >= 0.6 is 0 Å². The first-order valence-electron chi connectivity index (χ1n) is 10.3. The van der Waals surface area contributed by atoms with Crippen LogP contribution in [0.3, 0.4) is 0 Å². The Kier molecular flexibility index (Phi) is 7.71. The summed E-state index contributed by atoms with van der Waals surface area (Å²) in [6.07, 6.45) is 3.15. The van der Waals surface area contributed by atoms with Gasteiger partial charge in [0.15, 0.2) is 11.5 Å². The number of nitriles is 1. The van der Waals surface area contributed by atoms with Gasteiger partial charge in [0.25, 0.3) is 0 Å². The van der Waals surface area contributed by atoms with Gasteiger partial charge >= 0.3 is 10.1 Å². The van der Waals surface area contributed by atoms with Crippen molar-refractivity contribution in [2.24, 2.45) is 0 Å². The van der Waals surface area contributed by atoms with E-state index in [-0.39, 0.29) is 28.7 Å². The molecular weight excluding hydrogens is 456 g/mol. The highest BCUT2D eigenvalue weighted by molar-refractivity contribution is 7.87. The molecule has 0 atom stereocenters. The van der Waals surface area contributed by atoms with Crippen LogP contribution in [0.2, 0.25) is 0 Å². The summed E-state index contributed by atoms with van der Waals surface area (Å²) in [6, 6.07) is 14.7. The fraction of sp³-hybridized carbons (Fsp3) is 0.208. The fourth-order valence-electron chi connectivity index (χ4n) is 3.04. The number of hydrogen-bond donors (Lipinski definition) is 1. The van der Waals surface area contributed by atoms with Crippen LogP contribution in [0.25, 0.3) is 6.08 Å². The Morgan fingerprint density at radius 1 is 1.15 bits per heavy atom. The van der Waals surface area contributed by atoms with Gasteiger partial charge in [-0.2, -0.15) is 18.8 Å². The van der Waals surface area contributed by atoms with Crippen molar-refractivity contribution < 1.29 is 22.1 Å². The predicted octanol–water partition coefficient (Wildman–Crippen LogP) is 3.84. The zero-order chi connectivity index (χ0) is 24.7. The molecule has 0 unspecified atom stereocenters. The summed E-state index contributed by atoms with van der Waals surface area (Å²) in [5.74, 6) is 0.328. The van der Waals surface area contributed by atoms with E-state index in [2.05, 4.69) is 10.4 Å². The first kappa shape index (κ1) is 24.5. The Hall–Kier alpha value is -4.10. The average molecular weight is 481 g/mol. The SMILES string of the molecule is COc1cc(/C=C/C(=O)Nc2cc(C)nn2CCC#N)ccc1OS(=O)(=O)c1ccc(C)cc1. The fourth-order valence-corrected chi connectivity index (χ4v) is 3.98. The van der Waals surface area contributed by atoms with Gasteiger partial charge in [-0.15, -0.1) is 0 Å². The molecule has 176 valence electrons. The Bertz CT molecular complexity index is 1350. The number of aromatic nitrogens is 2. The van der Waals surface area contributed by atoms with Crippen molar-refractivity contribution in [1.82, 2.24) is 9.78 Å². The minimum atomic E-state index is -4.04. The molecule has 1 N–H and O–H groups in total. The highest BCUT2D eigenvalue weighted by Crippen LogP contribution is 2.31. The second kappa shape index (κ2) is 10.7. The third kappa shape index (κ3) is 6.24. The van der Waals surface area contributed by atoms with E-state index in [0.29, 0.717) is 17.9 Å². The summed E-state index contributed by atoms with van der Waals surface area (Å²) in [5.41, 5.74) is 2.25. The second-order valence-electron chi connectivity index (χ2n) is 7.39. The molecule has 1 amide bonds. The van der Waals surface area contributed by atoms with Crippen LogP contribution in [-0.2, 0) is 21.5 Å². The van der Waals surface area contributed by atoms with Crippen LogP contribution in [0, 0.1) is 25.2 Å². The Morgan fingerprint density at radius 2 is 1.88 bits per heavy atom. The van der Waals surface area contributed by atoms with Crippen LogP contribution in [-0.4, -0.2) is 31.2 Å². The highest BCUT2D eigenvalue weighted by Gasteiger charge is 2.19. The summed E-state index contributed by atoms with van der Waals surface area (Å²) in [4.78, 5) is 12.4. The van der Waals surface area contributed by atoms with Crippen LogP contribution in [0.15, 0.2) is 59.5 Å². The molecule has 34 heavy (non-hydrogen) atoms. The lowest BCUT2D eigenvalue weighted by molar-refractivity contribution is -0.111. The molecule has 3 aromatic rings. The molecule has 0 spiro atoms. The van der Waals surface area contributed by atoms with Crippen molar-refractivity contribution >= 4 is 27.9 Å². The standard InChI is InChI=1S/C24H24N4O5S/c1-17-5-9-20(10-6-17)34(30,31)33-21-11-7-19(16-22(21)32-3)8-12-24(29)26-23-15-18(2)27-28(23)14-4-13-25/h5-12,15-16H,4,14H2,1-3H3,(H,26,29)/b12-8+. The number of anilines is 1. The number of ether oxygens (including phenoxy) is 1. The summed E-state index contributed by atoms with van der Waals surface area (Å²) in [5, 5.41) is 15.8. The maximum atomic E-state index is 12.6. The number of hydrogen-bond acceptors (Lipinski definition) is 7. The number of aryl methyl sites for hydroxylation is 3. The number of rotatable bonds is 9. The number of amides is 1. The number of nitrogens with zero attached hydrogens (tertiary/aromatic N) is 3. The van der Waals surface area contributed by atoms with Crippen LogP contribution < -0.4 is 14.2 Å². The number of carbonyl (C=O) groups excluding carboxylic acids is 1. The first-order chi connectivity index (χ1) is 16.2. The van der Waals surface area contributed by atoms with Crippen molar-refractivity contribution in [2.75, 3.05) is 12.4 Å². The van der Waals surface area contributed by atoms with Crippen LogP contribution in [0.4, 0.5) is 5.82 Å². The molecule has 3 rings (SSSR count). The molecule has 0 aliphatic rings. The zero-order valence-corrected chi connectivity index (χ0v) is 19.8. The van der Waals surface area contributed by atoms with Crippen molar-refractivity contribution in [3.05, 3.63) is 71.4 Å². The Balaban J connectivity index is 1.72. The average Bonchev–Trinajstić information content (AvgIpc) is 3.15. The van der Waals surface area contributed by atoms with E-state index >= 15 is 0 Å². The summed E-state index contributed by atoms with van der Waals surface area (Å²) >= 11 is 0. The molecule has 0 radical (unpaired) electrons. The summed E-state index contributed by atoms with van der Waals surface area (Å²) in [6.45, 7) is 4.02. The monoisotopic (exact) mass is 480 g/mol. The molecule has 0 fully saturated rings. The first-order valence-corrected chi connectivity index (χ1v) is 11.7. The van der Waals surface area contributed by atoms with Gasteiger partial charge in [0.05, 0.1) is 31.8 Å². The molecule has 1 aromatic heterocycles. The van der Waals surface area contributed by atoms with E-state index in [1.807, 2.05) is 13.0 Å². The van der Waals surface area contributed by atoms with E-state index < -0.39 is 10.1 Å². The van der Waals surface area contributed by atoms with Crippen LogP contribution in [0.5, 0.6) is 11.5 Å². The quantitative estimate of drug-likeness (QED) is 0.364. The van der Waals surface area contributed by atoms with Gasteiger partial charge in [-0.25, -0.2) is 4.68 Å². The third-order valence-corrected chi connectivity index (χ3v) is 5.96. The molecule has 0 saturated heterocycles. The van der Waals surface area contributed by atoms with Crippen molar-refractivity contribution in [3.63, 3.8) is 0 Å². The van der Waals surface area contributed by atoms with E-state index in [0.717, 1.165) is 11.3 Å². The normalized spacial score (nSPS) is 11.2. The minimum Gasteiger partial charge on any atom is -0.493 e. The highest BCUT2D eigenvalue weighted by atomic mass is 32.2. The van der Waals surface area contributed by atoms with Gasteiger partial charge < -0.3 is 14.2 Å². The van der Waals surface area contributed by atoms with Crippen molar-refractivity contribution in [1.29, 1.82) is 5.26 Å². The van der Waals surface area contributed by atoms with Gasteiger partial charge in [0.1, 0.15) is 10.7 Å². The largest absolute Gasteiger partial charge is 0.493 e. The van der Waals surface area contributed by atoms with Gasteiger partial charge in [0, 0.05) is 12.1 Å². The number of carbonyl (C=O) groups is 1. The van der Waals surface area contributed by atoms with Gasteiger partial charge in [-0.05, 0) is 49.8 Å². The van der Waals surface area contributed by atoms with E-state index in [1.165, 1.54) is 31.4 Å². The molecule has 2 aromatic carbocycles. The summed E-state index contributed by atoms with van der Waals surface area (Å²) < 4.78 is 37.3. The lowest BCUT2D eigenvalue weighted by atomic mass is 10.2. The topological polar surface area (TPSA) is 123 Å². The predicted molar refractivity (Wildman–Crippen MR) is 127 cm³/mol. The van der Waals surface area contributed by atoms with Crippen LogP contribution in [0.1, 0.15) is 23.2 Å². The second-order valence-corrected chi connectivity index (χ2v) is 8.93. The molecule has 0 bridgehead atoms. The lowest BCUT2D eigenvalue weighted by Gasteiger charge is -2.11. The summed E-state index contributed by atoms with van der Waals surface area (Å²) in [7, 11) is -2.64. The molecule has 0 aliphatic heterocycles. The lowest BCUT2D eigenvalue weighted by Crippen LogP contribution is -2.13. The minimum absolute atomic E-state index is 0.0292. The zero-order valence-electron chi connectivity index (χ0n) is 19.0. The molecular formula is C24H24N4O5S.